The first kappa shape index (κ1) is 27.3. The minimum atomic E-state index is -0.359. The molecule has 42 heavy (non-hydrogen) atoms. The van der Waals surface area contributed by atoms with Crippen molar-refractivity contribution in [2.75, 3.05) is 7.11 Å². The molecule has 2 heterocycles. The van der Waals surface area contributed by atoms with Crippen LogP contribution in [0.1, 0.15) is 16.7 Å². The third-order valence-corrected chi connectivity index (χ3v) is 7.31. The van der Waals surface area contributed by atoms with Gasteiger partial charge in [-0.05, 0) is 60.2 Å². The summed E-state index contributed by atoms with van der Waals surface area (Å²) in [6.45, 7) is 0.128. The van der Waals surface area contributed by atoms with Crippen molar-refractivity contribution in [1.29, 1.82) is 5.26 Å². The van der Waals surface area contributed by atoms with E-state index in [1.807, 2.05) is 42.5 Å². The van der Waals surface area contributed by atoms with Gasteiger partial charge in [-0.15, -0.1) is 0 Å². The van der Waals surface area contributed by atoms with Gasteiger partial charge in [0.05, 0.1) is 40.9 Å². The fourth-order valence-corrected chi connectivity index (χ4v) is 5.15. The lowest BCUT2D eigenvalue weighted by atomic mass is 10.1. The molecule has 0 amide bonds. The van der Waals surface area contributed by atoms with Gasteiger partial charge < -0.3 is 13.9 Å². The summed E-state index contributed by atoms with van der Waals surface area (Å²) < 4.78 is 19.7. The highest BCUT2D eigenvalue weighted by atomic mass is 79.9. The first-order chi connectivity index (χ1) is 20.4. The molecule has 0 aliphatic heterocycles. The predicted octanol–water partition coefficient (Wildman–Crippen LogP) is 7.57. The van der Waals surface area contributed by atoms with Gasteiger partial charge in [0.2, 0.25) is 5.82 Å². The smallest absolute Gasteiger partial charge is 0.282 e. The van der Waals surface area contributed by atoms with E-state index >= 15 is 0 Å². The van der Waals surface area contributed by atoms with E-state index in [1.165, 1.54) is 18.0 Å². The van der Waals surface area contributed by atoms with Crippen molar-refractivity contribution in [2.24, 2.45) is 5.10 Å². The molecule has 0 spiro atoms. The largest absolute Gasteiger partial charge is 0.493 e. The van der Waals surface area contributed by atoms with Gasteiger partial charge in [0.15, 0.2) is 17.3 Å². The van der Waals surface area contributed by atoms with Crippen LogP contribution in [0.2, 0.25) is 5.02 Å². The highest BCUT2D eigenvalue weighted by Crippen LogP contribution is 2.37. The van der Waals surface area contributed by atoms with E-state index in [-0.39, 0.29) is 23.0 Å². The van der Waals surface area contributed by atoms with E-state index in [0.717, 1.165) is 15.4 Å². The number of hydrogen-bond acceptors (Lipinski definition) is 7. The Balaban J connectivity index is 1.39. The second kappa shape index (κ2) is 11.5. The van der Waals surface area contributed by atoms with Crippen molar-refractivity contribution in [3.63, 3.8) is 0 Å². The van der Waals surface area contributed by atoms with Gasteiger partial charge in [0, 0.05) is 15.4 Å². The second-order valence-electron chi connectivity index (χ2n) is 9.20. The molecule has 0 aliphatic carbocycles. The molecule has 0 fully saturated rings. The summed E-state index contributed by atoms with van der Waals surface area (Å²) in [5.74, 6) is 1.32. The van der Waals surface area contributed by atoms with E-state index in [9.17, 15) is 10.1 Å². The summed E-state index contributed by atoms with van der Waals surface area (Å²) in [7, 11) is 1.50. The standard InChI is InChI=1S/C32H20BrClN4O4/c1-40-28-13-19(12-25(34)30(28)41-18-21-7-3-2-6-20(21)16-35)17-36-38-31(37-26-9-5-4-8-24(26)32(38)39)29-15-22-14-23(33)10-11-27(22)42-29/h2-15,17H,18H2,1H3. The molecule has 2 aromatic heterocycles. The van der Waals surface area contributed by atoms with Crippen LogP contribution in [-0.4, -0.2) is 23.0 Å². The Morgan fingerprint density at radius 1 is 1.10 bits per heavy atom. The van der Waals surface area contributed by atoms with E-state index in [4.69, 9.17) is 30.5 Å². The molecule has 4 aromatic carbocycles. The van der Waals surface area contributed by atoms with Crippen molar-refractivity contribution in [1.82, 2.24) is 9.66 Å². The lowest BCUT2D eigenvalue weighted by Crippen LogP contribution is -2.20. The van der Waals surface area contributed by atoms with Crippen LogP contribution in [0.5, 0.6) is 11.5 Å². The number of halogens is 2. The van der Waals surface area contributed by atoms with Crippen molar-refractivity contribution < 1.29 is 13.9 Å². The Labute approximate surface area is 253 Å². The topological polar surface area (TPSA) is 103 Å². The van der Waals surface area contributed by atoms with Gasteiger partial charge in [-0.25, -0.2) is 4.98 Å². The molecule has 0 atom stereocenters. The van der Waals surface area contributed by atoms with Crippen LogP contribution in [0.3, 0.4) is 0 Å². The summed E-state index contributed by atoms with van der Waals surface area (Å²) in [4.78, 5) is 18.3. The summed E-state index contributed by atoms with van der Waals surface area (Å²) in [5.41, 5.74) is 2.60. The average molecular weight is 640 g/mol. The Kier molecular flexibility index (Phi) is 7.48. The molecule has 0 bridgehead atoms. The molecule has 0 N–H and O–H groups in total. The van der Waals surface area contributed by atoms with Gasteiger partial charge in [-0.3, -0.25) is 4.79 Å². The minimum absolute atomic E-state index is 0.128. The number of fused-ring (bicyclic) bond motifs is 2. The maximum Gasteiger partial charge on any atom is 0.282 e. The van der Waals surface area contributed by atoms with Gasteiger partial charge in [0.1, 0.15) is 12.2 Å². The van der Waals surface area contributed by atoms with E-state index < -0.39 is 0 Å². The Morgan fingerprint density at radius 2 is 1.90 bits per heavy atom. The maximum absolute atomic E-state index is 13.6. The van der Waals surface area contributed by atoms with Crippen molar-refractivity contribution in [3.8, 4) is 29.2 Å². The number of rotatable bonds is 7. The fourth-order valence-electron chi connectivity index (χ4n) is 4.50. The predicted molar refractivity (Wildman–Crippen MR) is 165 cm³/mol. The van der Waals surface area contributed by atoms with Crippen molar-refractivity contribution in [2.45, 2.75) is 6.61 Å². The third kappa shape index (κ3) is 5.26. The minimum Gasteiger partial charge on any atom is -0.493 e. The van der Waals surface area contributed by atoms with Crippen LogP contribution < -0.4 is 15.0 Å². The SMILES string of the molecule is COc1cc(C=Nn2c(-c3cc4cc(Br)ccc4o3)nc3ccccc3c2=O)cc(Cl)c1OCc1ccccc1C#N. The Bertz CT molecular complexity index is 2110. The molecule has 0 aliphatic rings. The number of nitriles is 1. The zero-order valence-electron chi connectivity index (χ0n) is 22.0. The first-order valence-corrected chi connectivity index (χ1v) is 13.9. The number of methoxy groups -OCH3 is 1. The van der Waals surface area contributed by atoms with Crippen molar-refractivity contribution in [3.05, 3.63) is 121 Å². The number of benzene rings is 4. The summed E-state index contributed by atoms with van der Waals surface area (Å²) in [5, 5.41) is 15.4. The fraction of sp³-hybridized carbons (Fsp3) is 0.0625. The molecule has 0 radical (unpaired) electrons. The monoisotopic (exact) mass is 638 g/mol. The Hall–Kier alpha value is -4.91. The molecule has 0 saturated carbocycles. The molecule has 6 rings (SSSR count). The van der Waals surface area contributed by atoms with Gasteiger partial charge >= 0.3 is 0 Å². The molecule has 0 unspecified atom stereocenters. The van der Waals surface area contributed by atoms with E-state index in [1.54, 1.807) is 42.5 Å². The summed E-state index contributed by atoms with van der Waals surface area (Å²) in [6, 6.07) is 27.2. The molecule has 6 aromatic rings. The highest BCUT2D eigenvalue weighted by Gasteiger charge is 2.17. The van der Waals surface area contributed by atoms with Crippen LogP contribution in [0, 0.1) is 11.3 Å². The van der Waals surface area contributed by atoms with Gasteiger partial charge in [0.25, 0.3) is 5.56 Å². The zero-order chi connectivity index (χ0) is 29.2. The summed E-state index contributed by atoms with van der Waals surface area (Å²) in [6.07, 6.45) is 1.49. The lowest BCUT2D eigenvalue weighted by molar-refractivity contribution is 0.284. The van der Waals surface area contributed by atoms with Crippen LogP contribution in [-0.2, 0) is 6.61 Å². The normalized spacial score (nSPS) is 11.3. The highest BCUT2D eigenvalue weighted by molar-refractivity contribution is 9.10. The van der Waals surface area contributed by atoms with Crippen LogP contribution in [0.25, 0.3) is 33.5 Å². The van der Waals surface area contributed by atoms with Crippen LogP contribution in [0.15, 0.2) is 104 Å². The quantitative estimate of drug-likeness (QED) is 0.167. The molecule has 0 saturated heterocycles. The first-order valence-electron chi connectivity index (χ1n) is 12.7. The molecule has 206 valence electrons. The summed E-state index contributed by atoms with van der Waals surface area (Å²) >= 11 is 10.1. The third-order valence-electron chi connectivity index (χ3n) is 6.54. The molecular formula is C32H20BrClN4O4. The number of hydrogen-bond donors (Lipinski definition) is 0. The zero-order valence-corrected chi connectivity index (χ0v) is 24.4. The molecular weight excluding hydrogens is 620 g/mol. The number of ether oxygens (including phenoxy) is 2. The number of aromatic nitrogens is 2. The lowest BCUT2D eigenvalue weighted by Gasteiger charge is -2.14. The average Bonchev–Trinajstić information content (AvgIpc) is 3.43. The van der Waals surface area contributed by atoms with E-state index in [0.29, 0.717) is 44.9 Å². The Morgan fingerprint density at radius 3 is 2.74 bits per heavy atom. The van der Waals surface area contributed by atoms with E-state index in [2.05, 4.69) is 27.1 Å². The number of para-hydroxylation sites is 1. The maximum atomic E-state index is 13.6. The van der Waals surface area contributed by atoms with Gasteiger partial charge in [-0.2, -0.15) is 15.0 Å². The number of nitrogens with zero attached hydrogens (tertiary/aromatic N) is 4. The van der Waals surface area contributed by atoms with Crippen molar-refractivity contribution >= 4 is 55.6 Å². The van der Waals surface area contributed by atoms with Crippen LogP contribution in [0.4, 0.5) is 0 Å². The molecule has 8 nitrogen and oxygen atoms in total. The number of furan rings is 1. The molecule has 10 heteroatoms. The van der Waals surface area contributed by atoms with Gasteiger partial charge in [-0.1, -0.05) is 57.9 Å². The van der Waals surface area contributed by atoms with Crippen LogP contribution >= 0.6 is 27.5 Å². The second-order valence-corrected chi connectivity index (χ2v) is 10.5.